The van der Waals surface area contributed by atoms with E-state index >= 15 is 0 Å². The summed E-state index contributed by atoms with van der Waals surface area (Å²) in [4.78, 5) is 17.7. The van der Waals surface area contributed by atoms with Crippen molar-refractivity contribution in [3.05, 3.63) is 59.9 Å². The fourth-order valence-electron chi connectivity index (χ4n) is 4.30. The van der Waals surface area contributed by atoms with Crippen molar-refractivity contribution in [1.29, 1.82) is 0 Å². The molecule has 2 unspecified atom stereocenters. The molecule has 1 aromatic carbocycles. The highest BCUT2D eigenvalue weighted by Gasteiger charge is 2.47. The van der Waals surface area contributed by atoms with Crippen molar-refractivity contribution in [1.82, 2.24) is 25.6 Å². The van der Waals surface area contributed by atoms with Crippen LogP contribution in [0.2, 0.25) is 0 Å². The third kappa shape index (κ3) is 4.85. The van der Waals surface area contributed by atoms with Gasteiger partial charge in [0.05, 0.1) is 17.9 Å². The molecule has 2 aliphatic rings. The van der Waals surface area contributed by atoms with Crippen molar-refractivity contribution in [2.45, 2.75) is 30.7 Å². The standard InChI is InChI=1S/C21H28N6O.CH4O/c1-26-12-8-21(9-13-26,24-18-5-3-4-16(14-18)15-28)20-23-19(25-27(20)2)17-6-10-22-11-7-17;1-2/h3-7,10-11,14-15,19-20,23-25H,8-9,12-13H2,1-2H3;2H,1H3. The maximum atomic E-state index is 11.2. The number of nitrogens with one attached hydrogen (secondary N) is 3. The Bertz CT molecular complexity index is 810. The van der Waals surface area contributed by atoms with E-state index in [2.05, 4.69) is 45.0 Å². The summed E-state index contributed by atoms with van der Waals surface area (Å²) < 4.78 is 0. The van der Waals surface area contributed by atoms with Gasteiger partial charge in [0.1, 0.15) is 6.29 Å². The Balaban J connectivity index is 0.00000124. The topological polar surface area (TPSA) is 92.8 Å². The normalized spacial score (nSPS) is 24.0. The Labute approximate surface area is 178 Å². The van der Waals surface area contributed by atoms with Crippen LogP contribution in [0.5, 0.6) is 0 Å². The van der Waals surface area contributed by atoms with Gasteiger partial charge in [-0.3, -0.25) is 15.1 Å². The Hall–Kier alpha value is -2.36. The summed E-state index contributed by atoms with van der Waals surface area (Å²) in [5, 5.41) is 16.7. The van der Waals surface area contributed by atoms with Crippen LogP contribution in [0.15, 0.2) is 48.8 Å². The molecule has 4 N–H and O–H groups in total. The highest BCUT2D eigenvalue weighted by molar-refractivity contribution is 5.77. The molecule has 0 amide bonds. The number of hydrogen-bond donors (Lipinski definition) is 4. The van der Waals surface area contributed by atoms with E-state index in [9.17, 15) is 4.79 Å². The van der Waals surface area contributed by atoms with Crippen LogP contribution < -0.4 is 16.1 Å². The van der Waals surface area contributed by atoms with E-state index in [0.717, 1.165) is 50.6 Å². The predicted octanol–water partition coefficient (Wildman–Crippen LogP) is 1.44. The highest BCUT2D eigenvalue weighted by atomic mass is 16.2. The lowest BCUT2D eigenvalue weighted by Gasteiger charge is -2.47. The van der Waals surface area contributed by atoms with Gasteiger partial charge in [0.2, 0.25) is 0 Å². The molecule has 0 bridgehead atoms. The second kappa shape index (κ2) is 10.1. The number of aliphatic hydroxyl groups excluding tert-OH is 1. The summed E-state index contributed by atoms with van der Waals surface area (Å²) in [6.45, 7) is 2.04. The number of aliphatic hydroxyl groups is 1. The van der Waals surface area contributed by atoms with E-state index in [-0.39, 0.29) is 17.9 Å². The fourth-order valence-corrected chi connectivity index (χ4v) is 4.30. The molecule has 2 saturated heterocycles. The van der Waals surface area contributed by atoms with Gasteiger partial charge in [-0.15, -0.1) is 0 Å². The Morgan fingerprint density at radius 1 is 1.17 bits per heavy atom. The lowest BCUT2D eigenvalue weighted by molar-refractivity contribution is 0.0970. The first-order valence-corrected chi connectivity index (χ1v) is 10.2. The average Bonchev–Trinajstić information content (AvgIpc) is 3.20. The van der Waals surface area contributed by atoms with Gasteiger partial charge in [-0.1, -0.05) is 12.1 Å². The maximum absolute atomic E-state index is 11.2. The second-order valence-electron chi connectivity index (χ2n) is 7.85. The summed E-state index contributed by atoms with van der Waals surface area (Å²) in [5.74, 6) is 0. The van der Waals surface area contributed by atoms with E-state index in [4.69, 9.17) is 5.11 Å². The number of likely N-dealkylation sites (N-methyl/N-ethyl adjacent to an activating group) is 1. The van der Waals surface area contributed by atoms with Crippen LogP contribution in [-0.2, 0) is 0 Å². The number of piperidine rings is 1. The second-order valence-corrected chi connectivity index (χ2v) is 7.85. The lowest BCUT2D eigenvalue weighted by atomic mass is 9.83. The van der Waals surface area contributed by atoms with Crippen LogP contribution in [-0.4, -0.2) is 72.3 Å². The van der Waals surface area contributed by atoms with Gasteiger partial charge in [-0.05, 0) is 49.7 Å². The number of aldehydes is 1. The van der Waals surface area contributed by atoms with E-state index in [1.807, 2.05) is 48.8 Å². The lowest BCUT2D eigenvalue weighted by Crippen LogP contribution is -2.63. The predicted molar refractivity (Wildman–Crippen MR) is 118 cm³/mol. The number of rotatable bonds is 5. The van der Waals surface area contributed by atoms with Crippen LogP contribution in [0.1, 0.15) is 34.9 Å². The van der Waals surface area contributed by atoms with Gasteiger partial charge in [0, 0.05) is 50.9 Å². The number of benzene rings is 1. The van der Waals surface area contributed by atoms with Crippen LogP contribution in [0, 0.1) is 0 Å². The maximum Gasteiger partial charge on any atom is 0.150 e. The van der Waals surface area contributed by atoms with Crippen molar-refractivity contribution < 1.29 is 9.90 Å². The molecular formula is C22H32N6O2. The Kier molecular flexibility index (Phi) is 7.52. The number of hydrazine groups is 1. The summed E-state index contributed by atoms with van der Waals surface area (Å²) >= 11 is 0. The number of nitrogens with zero attached hydrogens (tertiary/aromatic N) is 3. The van der Waals surface area contributed by atoms with Crippen LogP contribution >= 0.6 is 0 Å². The number of carbonyl (C=O) groups excluding carboxylic acids is 1. The zero-order valence-electron chi connectivity index (χ0n) is 17.9. The van der Waals surface area contributed by atoms with E-state index in [1.165, 1.54) is 0 Å². The quantitative estimate of drug-likeness (QED) is 0.549. The third-order valence-corrected chi connectivity index (χ3v) is 5.90. The SMILES string of the molecule is CN1CCC(Nc2cccc(C=O)c2)(C2NC(c3ccncc3)NN2C)CC1.CO. The van der Waals surface area contributed by atoms with Gasteiger partial charge in [-0.2, -0.15) is 0 Å². The number of likely N-dealkylation sites (tertiary alicyclic amines) is 1. The summed E-state index contributed by atoms with van der Waals surface area (Å²) in [5.41, 5.74) is 6.23. The minimum Gasteiger partial charge on any atom is -0.400 e. The van der Waals surface area contributed by atoms with Crippen molar-refractivity contribution in [3.63, 3.8) is 0 Å². The van der Waals surface area contributed by atoms with Gasteiger partial charge in [-0.25, -0.2) is 10.4 Å². The molecule has 4 rings (SSSR count). The van der Waals surface area contributed by atoms with E-state index in [0.29, 0.717) is 5.56 Å². The summed E-state index contributed by atoms with van der Waals surface area (Å²) in [6, 6.07) is 11.8. The summed E-state index contributed by atoms with van der Waals surface area (Å²) in [6.07, 6.45) is 6.68. The van der Waals surface area contributed by atoms with Gasteiger partial charge in [0.25, 0.3) is 0 Å². The van der Waals surface area contributed by atoms with Gasteiger partial charge < -0.3 is 15.3 Å². The van der Waals surface area contributed by atoms with E-state index < -0.39 is 0 Å². The van der Waals surface area contributed by atoms with Crippen molar-refractivity contribution in [3.8, 4) is 0 Å². The van der Waals surface area contributed by atoms with Gasteiger partial charge in [0.15, 0.2) is 0 Å². The number of anilines is 1. The number of aromatic nitrogens is 1. The molecule has 0 aliphatic carbocycles. The Morgan fingerprint density at radius 3 is 2.53 bits per heavy atom. The minimum absolute atomic E-state index is 0.0395. The highest BCUT2D eigenvalue weighted by Crippen LogP contribution is 2.34. The molecule has 1 aromatic heterocycles. The zero-order chi connectivity index (χ0) is 21.6. The van der Waals surface area contributed by atoms with Crippen LogP contribution in [0.4, 0.5) is 5.69 Å². The van der Waals surface area contributed by atoms with Gasteiger partial charge >= 0.3 is 0 Å². The van der Waals surface area contributed by atoms with Crippen molar-refractivity contribution in [2.75, 3.05) is 39.6 Å². The zero-order valence-corrected chi connectivity index (χ0v) is 17.9. The molecule has 2 aromatic rings. The largest absolute Gasteiger partial charge is 0.400 e. The molecule has 30 heavy (non-hydrogen) atoms. The first kappa shape index (κ1) is 22.3. The number of pyridine rings is 1. The molecule has 0 saturated carbocycles. The molecular weight excluding hydrogens is 380 g/mol. The fraction of sp³-hybridized carbons (Fsp3) is 0.455. The minimum atomic E-state index is -0.155. The van der Waals surface area contributed by atoms with Crippen molar-refractivity contribution >= 4 is 12.0 Å². The van der Waals surface area contributed by atoms with Crippen LogP contribution in [0.25, 0.3) is 0 Å². The van der Waals surface area contributed by atoms with Crippen LogP contribution in [0.3, 0.4) is 0 Å². The Morgan fingerprint density at radius 2 is 1.87 bits per heavy atom. The first-order valence-electron chi connectivity index (χ1n) is 10.2. The molecule has 8 heteroatoms. The first-order chi connectivity index (χ1) is 14.6. The third-order valence-electron chi connectivity index (χ3n) is 5.90. The smallest absolute Gasteiger partial charge is 0.150 e. The molecule has 162 valence electrons. The molecule has 8 nitrogen and oxygen atoms in total. The summed E-state index contributed by atoms with van der Waals surface area (Å²) in [7, 11) is 5.25. The number of carbonyl (C=O) groups is 1. The number of hydrogen-bond acceptors (Lipinski definition) is 8. The molecule has 2 fully saturated rings. The molecule has 0 radical (unpaired) electrons. The molecule has 2 aliphatic heterocycles. The molecule has 2 atom stereocenters. The van der Waals surface area contributed by atoms with E-state index in [1.54, 1.807) is 0 Å². The average molecular weight is 413 g/mol. The van der Waals surface area contributed by atoms with Crippen molar-refractivity contribution in [2.24, 2.45) is 0 Å². The molecule has 0 spiro atoms. The monoisotopic (exact) mass is 412 g/mol. The molecule has 3 heterocycles.